The third kappa shape index (κ3) is 4.89. The number of carbonyl (C=O) groups excluding carboxylic acids is 1. The molecule has 7 heteroatoms. The number of rotatable bonds is 4. The van der Waals surface area contributed by atoms with Crippen LogP contribution in [0.5, 0.6) is 5.75 Å². The predicted molar refractivity (Wildman–Crippen MR) is 81.8 cm³/mol. The maximum Gasteiger partial charge on any atom is 0.416 e. The zero-order valence-electron chi connectivity index (χ0n) is 12.1. The van der Waals surface area contributed by atoms with Crippen LogP contribution in [0.1, 0.15) is 11.1 Å². The Kier molecular flexibility index (Phi) is 5.15. The zero-order valence-corrected chi connectivity index (χ0v) is 12.8. The number of benzene rings is 2. The summed E-state index contributed by atoms with van der Waals surface area (Å²) in [5.41, 5.74) is 0.619. The molecule has 0 atom stereocenters. The molecule has 122 valence electrons. The quantitative estimate of drug-likeness (QED) is 0.875. The van der Waals surface area contributed by atoms with Gasteiger partial charge in [0.25, 0.3) is 5.91 Å². The van der Waals surface area contributed by atoms with Gasteiger partial charge in [0.05, 0.1) is 16.3 Å². The Labute approximate surface area is 136 Å². The molecule has 2 rings (SSSR count). The highest BCUT2D eigenvalue weighted by molar-refractivity contribution is 6.33. The first-order valence-electron chi connectivity index (χ1n) is 6.62. The smallest absolute Gasteiger partial charge is 0.416 e. The van der Waals surface area contributed by atoms with E-state index in [0.717, 1.165) is 29.8 Å². The largest absolute Gasteiger partial charge is 0.484 e. The van der Waals surface area contributed by atoms with Crippen molar-refractivity contribution in [3.63, 3.8) is 0 Å². The molecule has 1 amide bonds. The number of hydrogen-bond acceptors (Lipinski definition) is 2. The molecular formula is C16H13ClF3NO2. The van der Waals surface area contributed by atoms with Gasteiger partial charge in [-0.15, -0.1) is 0 Å². The van der Waals surface area contributed by atoms with Crippen LogP contribution in [0.2, 0.25) is 5.02 Å². The second-order valence-electron chi connectivity index (χ2n) is 4.84. The maximum absolute atomic E-state index is 12.4. The van der Waals surface area contributed by atoms with Crippen LogP contribution in [0, 0.1) is 6.92 Å². The van der Waals surface area contributed by atoms with Crippen molar-refractivity contribution in [3.05, 3.63) is 58.6 Å². The van der Waals surface area contributed by atoms with Crippen molar-refractivity contribution in [3.8, 4) is 5.75 Å². The molecule has 0 unspecified atom stereocenters. The molecule has 23 heavy (non-hydrogen) atoms. The van der Waals surface area contributed by atoms with Gasteiger partial charge in [-0.3, -0.25) is 4.79 Å². The topological polar surface area (TPSA) is 38.3 Å². The fraction of sp³-hybridized carbons (Fsp3) is 0.188. The van der Waals surface area contributed by atoms with Gasteiger partial charge in [-0.1, -0.05) is 17.7 Å². The number of amides is 1. The van der Waals surface area contributed by atoms with Gasteiger partial charge in [0.1, 0.15) is 5.75 Å². The van der Waals surface area contributed by atoms with E-state index in [1.54, 1.807) is 18.2 Å². The lowest BCUT2D eigenvalue weighted by atomic mass is 10.2. The Hall–Kier alpha value is -2.21. The number of nitrogens with one attached hydrogen (secondary N) is 1. The van der Waals surface area contributed by atoms with Crippen LogP contribution in [-0.4, -0.2) is 12.5 Å². The summed E-state index contributed by atoms with van der Waals surface area (Å²) in [6.07, 6.45) is -4.40. The van der Waals surface area contributed by atoms with Gasteiger partial charge in [0, 0.05) is 0 Å². The molecule has 0 heterocycles. The van der Waals surface area contributed by atoms with E-state index in [9.17, 15) is 18.0 Å². The lowest BCUT2D eigenvalue weighted by molar-refractivity contribution is -0.137. The Morgan fingerprint density at radius 2 is 1.83 bits per heavy atom. The maximum atomic E-state index is 12.4. The Morgan fingerprint density at radius 3 is 2.39 bits per heavy atom. The van der Waals surface area contributed by atoms with E-state index in [1.807, 2.05) is 6.92 Å². The Bertz CT molecular complexity index is 699. The molecule has 3 nitrogen and oxygen atoms in total. The van der Waals surface area contributed by atoms with Gasteiger partial charge < -0.3 is 10.1 Å². The van der Waals surface area contributed by atoms with Crippen LogP contribution in [0.4, 0.5) is 18.9 Å². The highest BCUT2D eigenvalue weighted by Crippen LogP contribution is 2.30. The van der Waals surface area contributed by atoms with Crippen molar-refractivity contribution in [1.29, 1.82) is 0 Å². The first kappa shape index (κ1) is 17.1. The summed E-state index contributed by atoms with van der Waals surface area (Å²) in [5, 5.41) is 2.96. The summed E-state index contributed by atoms with van der Waals surface area (Å²) in [6, 6.07) is 9.26. The number of aryl methyl sites for hydroxylation is 1. The van der Waals surface area contributed by atoms with Crippen molar-refractivity contribution in [2.24, 2.45) is 0 Å². The summed E-state index contributed by atoms with van der Waals surface area (Å²) in [7, 11) is 0. The second kappa shape index (κ2) is 6.91. The number of alkyl halides is 3. The zero-order chi connectivity index (χ0) is 17.0. The molecule has 0 aliphatic heterocycles. The average Bonchev–Trinajstić information content (AvgIpc) is 2.47. The van der Waals surface area contributed by atoms with Crippen LogP contribution in [-0.2, 0) is 11.0 Å². The molecule has 0 bridgehead atoms. The summed E-state index contributed by atoms with van der Waals surface area (Å²) in [5.74, 6) is -0.293. The molecule has 0 radical (unpaired) electrons. The molecule has 0 aliphatic rings. The Morgan fingerprint density at radius 1 is 1.17 bits per heavy atom. The number of carbonyl (C=O) groups is 1. The Balaban J connectivity index is 1.91. The van der Waals surface area contributed by atoms with E-state index < -0.39 is 17.6 Å². The molecule has 2 aromatic carbocycles. The fourth-order valence-electron chi connectivity index (χ4n) is 1.80. The van der Waals surface area contributed by atoms with Gasteiger partial charge in [-0.2, -0.15) is 13.2 Å². The number of anilines is 1. The third-order valence-corrected chi connectivity index (χ3v) is 3.26. The van der Waals surface area contributed by atoms with Gasteiger partial charge in [0.15, 0.2) is 6.61 Å². The van der Waals surface area contributed by atoms with Gasteiger partial charge in [-0.25, -0.2) is 0 Å². The average molecular weight is 344 g/mol. The summed E-state index contributed by atoms with van der Waals surface area (Å²) >= 11 is 5.99. The highest BCUT2D eigenvalue weighted by atomic mass is 35.5. The number of halogens is 4. The summed E-state index contributed by atoms with van der Waals surface area (Å²) in [4.78, 5) is 11.8. The third-order valence-electron chi connectivity index (χ3n) is 2.95. The summed E-state index contributed by atoms with van der Waals surface area (Å²) < 4.78 is 42.4. The van der Waals surface area contributed by atoms with Gasteiger partial charge in [-0.05, 0) is 48.9 Å². The van der Waals surface area contributed by atoms with E-state index in [0.29, 0.717) is 10.7 Å². The van der Waals surface area contributed by atoms with Crippen molar-refractivity contribution in [2.75, 3.05) is 11.9 Å². The van der Waals surface area contributed by atoms with E-state index in [2.05, 4.69) is 5.32 Å². The molecule has 2 aromatic rings. The molecule has 0 saturated heterocycles. The minimum Gasteiger partial charge on any atom is -0.484 e. The van der Waals surface area contributed by atoms with Crippen LogP contribution in [0.25, 0.3) is 0 Å². The van der Waals surface area contributed by atoms with Crippen molar-refractivity contribution in [2.45, 2.75) is 13.1 Å². The van der Waals surface area contributed by atoms with Crippen molar-refractivity contribution < 1.29 is 22.7 Å². The highest BCUT2D eigenvalue weighted by Gasteiger charge is 2.30. The standard InChI is InChI=1S/C16H13ClF3NO2/c1-10-2-7-14(13(17)8-10)21-15(22)9-23-12-5-3-11(4-6-12)16(18,19)20/h2-8H,9H2,1H3,(H,21,22). The van der Waals surface area contributed by atoms with Crippen molar-refractivity contribution >= 4 is 23.2 Å². The normalized spacial score (nSPS) is 11.2. The van der Waals surface area contributed by atoms with Gasteiger partial charge >= 0.3 is 6.18 Å². The second-order valence-corrected chi connectivity index (χ2v) is 5.25. The van der Waals surface area contributed by atoms with E-state index in [-0.39, 0.29) is 12.4 Å². The van der Waals surface area contributed by atoms with Crippen LogP contribution in [0.15, 0.2) is 42.5 Å². The minimum atomic E-state index is -4.40. The molecule has 1 N–H and O–H groups in total. The lowest BCUT2D eigenvalue weighted by Gasteiger charge is -2.10. The molecule has 0 fully saturated rings. The molecular weight excluding hydrogens is 331 g/mol. The first-order chi connectivity index (χ1) is 10.8. The first-order valence-corrected chi connectivity index (χ1v) is 6.99. The number of hydrogen-bond donors (Lipinski definition) is 1. The van der Waals surface area contributed by atoms with Crippen LogP contribution in [0.3, 0.4) is 0 Å². The minimum absolute atomic E-state index is 0.170. The summed E-state index contributed by atoms with van der Waals surface area (Å²) in [6.45, 7) is 1.53. The van der Waals surface area contributed by atoms with Crippen molar-refractivity contribution in [1.82, 2.24) is 0 Å². The lowest BCUT2D eigenvalue weighted by Crippen LogP contribution is -2.20. The predicted octanol–water partition coefficient (Wildman–Crippen LogP) is 4.68. The number of ether oxygens (including phenoxy) is 1. The SMILES string of the molecule is Cc1ccc(NC(=O)COc2ccc(C(F)(F)F)cc2)c(Cl)c1. The fourth-order valence-corrected chi connectivity index (χ4v) is 2.08. The van der Waals surface area contributed by atoms with E-state index in [1.165, 1.54) is 0 Å². The van der Waals surface area contributed by atoms with Crippen LogP contribution >= 0.6 is 11.6 Å². The molecule has 0 aromatic heterocycles. The van der Waals surface area contributed by atoms with E-state index in [4.69, 9.17) is 16.3 Å². The van der Waals surface area contributed by atoms with Gasteiger partial charge in [0.2, 0.25) is 0 Å². The van der Waals surface area contributed by atoms with E-state index >= 15 is 0 Å². The molecule has 0 aliphatic carbocycles. The monoisotopic (exact) mass is 343 g/mol. The molecule has 0 saturated carbocycles. The molecule has 0 spiro atoms. The van der Waals surface area contributed by atoms with Crippen LogP contribution < -0.4 is 10.1 Å².